The number of aromatic amines is 1. The van der Waals surface area contributed by atoms with Crippen LogP contribution >= 0.6 is 11.3 Å². The van der Waals surface area contributed by atoms with Crippen LogP contribution in [0, 0.1) is 27.7 Å². The summed E-state index contributed by atoms with van der Waals surface area (Å²) in [5, 5.41) is 1.11. The smallest absolute Gasteiger partial charge is 0.253 e. The van der Waals surface area contributed by atoms with Gasteiger partial charge in [-0.05, 0) is 51.5 Å². The van der Waals surface area contributed by atoms with Crippen LogP contribution in [0.15, 0.2) is 24.4 Å². The van der Waals surface area contributed by atoms with Crippen molar-refractivity contribution in [1.29, 1.82) is 0 Å². The summed E-state index contributed by atoms with van der Waals surface area (Å²) in [6, 6.07) is 5.87. The summed E-state index contributed by atoms with van der Waals surface area (Å²) in [5.74, 6) is 0.0199. The third-order valence-electron chi connectivity index (χ3n) is 5.03. The van der Waals surface area contributed by atoms with Crippen LogP contribution in [0.25, 0.3) is 15.9 Å². The van der Waals surface area contributed by atoms with E-state index in [0.29, 0.717) is 12.1 Å². The molecular formula is C20H22N4OS. The first kappa shape index (κ1) is 16.8. The van der Waals surface area contributed by atoms with Crippen molar-refractivity contribution in [3.05, 3.63) is 57.5 Å². The lowest BCUT2D eigenvalue weighted by atomic mass is 10.1. The fourth-order valence-corrected chi connectivity index (χ4v) is 4.30. The van der Waals surface area contributed by atoms with Crippen LogP contribution in [-0.4, -0.2) is 32.2 Å². The van der Waals surface area contributed by atoms with Crippen molar-refractivity contribution in [2.24, 2.45) is 0 Å². The molecule has 1 aromatic carbocycles. The van der Waals surface area contributed by atoms with Gasteiger partial charge in [-0.15, -0.1) is 11.3 Å². The average molecular weight is 366 g/mol. The summed E-state index contributed by atoms with van der Waals surface area (Å²) in [6.45, 7) is 8.74. The Bertz CT molecular complexity index is 1150. The summed E-state index contributed by atoms with van der Waals surface area (Å²) >= 11 is 1.67. The van der Waals surface area contributed by atoms with Crippen molar-refractivity contribution in [1.82, 2.24) is 19.3 Å². The van der Waals surface area contributed by atoms with Crippen LogP contribution in [0.3, 0.4) is 0 Å². The number of nitrogens with zero attached hydrogens (tertiary/aromatic N) is 3. The van der Waals surface area contributed by atoms with Gasteiger partial charge in [-0.1, -0.05) is 0 Å². The molecule has 0 unspecified atom stereocenters. The lowest BCUT2D eigenvalue weighted by Crippen LogP contribution is -2.27. The van der Waals surface area contributed by atoms with Gasteiger partial charge in [0.05, 0.1) is 17.9 Å². The number of aromatic nitrogens is 3. The number of fused-ring (bicyclic) bond motifs is 2. The zero-order valence-electron chi connectivity index (χ0n) is 15.7. The molecule has 4 aromatic rings. The normalized spacial score (nSPS) is 11.6. The van der Waals surface area contributed by atoms with E-state index in [2.05, 4.69) is 41.3 Å². The zero-order chi connectivity index (χ0) is 18.6. The van der Waals surface area contributed by atoms with Crippen LogP contribution in [0.5, 0.6) is 0 Å². The van der Waals surface area contributed by atoms with Crippen molar-refractivity contribution in [3.8, 4) is 0 Å². The van der Waals surface area contributed by atoms with E-state index in [-0.39, 0.29) is 5.91 Å². The molecule has 134 valence electrons. The third-order valence-corrected chi connectivity index (χ3v) is 5.93. The maximum atomic E-state index is 13.0. The largest absolute Gasteiger partial charge is 0.358 e. The topological polar surface area (TPSA) is 53.4 Å². The number of H-pyrrole nitrogens is 1. The minimum Gasteiger partial charge on any atom is -0.358 e. The van der Waals surface area contributed by atoms with E-state index in [4.69, 9.17) is 0 Å². The Balaban J connectivity index is 1.65. The summed E-state index contributed by atoms with van der Waals surface area (Å²) in [7, 11) is 1.85. The molecule has 3 aromatic heterocycles. The Kier molecular flexibility index (Phi) is 3.88. The lowest BCUT2D eigenvalue weighted by molar-refractivity contribution is 0.0783. The number of nitrogens with one attached hydrogen (secondary N) is 1. The van der Waals surface area contributed by atoms with Crippen molar-refractivity contribution in [2.75, 3.05) is 7.05 Å². The van der Waals surface area contributed by atoms with E-state index in [1.54, 1.807) is 16.2 Å². The number of hydrogen-bond donors (Lipinski definition) is 1. The van der Waals surface area contributed by atoms with Gasteiger partial charge in [0.15, 0.2) is 4.96 Å². The minimum absolute atomic E-state index is 0.0199. The van der Waals surface area contributed by atoms with E-state index < -0.39 is 0 Å². The predicted molar refractivity (Wildman–Crippen MR) is 106 cm³/mol. The molecule has 0 bridgehead atoms. The second-order valence-electron chi connectivity index (χ2n) is 6.93. The van der Waals surface area contributed by atoms with Gasteiger partial charge >= 0.3 is 0 Å². The number of aryl methyl sites for hydroxylation is 4. The molecule has 1 N–H and O–H groups in total. The minimum atomic E-state index is 0.0199. The Hall–Kier alpha value is -2.60. The first-order chi connectivity index (χ1) is 12.3. The molecule has 0 atom stereocenters. The number of benzene rings is 1. The van der Waals surface area contributed by atoms with Crippen LogP contribution in [0.4, 0.5) is 0 Å². The standard InChI is InChI=1S/C20H22N4OS/c1-11-9-24-18(14(4)22-20(24)26-11)10-23(5)19(25)15-6-7-17-16(8-15)12(2)13(3)21-17/h6-9,21H,10H2,1-5H3. The van der Waals surface area contributed by atoms with Crippen LogP contribution in [0.2, 0.25) is 0 Å². The van der Waals surface area contributed by atoms with Gasteiger partial charge < -0.3 is 9.88 Å². The summed E-state index contributed by atoms with van der Waals surface area (Å²) in [4.78, 5) is 24.9. The molecule has 6 heteroatoms. The molecular weight excluding hydrogens is 344 g/mol. The van der Waals surface area contributed by atoms with E-state index in [1.165, 1.54) is 10.4 Å². The van der Waals surface area contributed by atoms with Gasteiger partial charge in [-0.3, -0.25) is 9.20 Å². The first-order valence-electron chi connectivity index (χ1n) is 8.63. The fraction of sp³-hybridized carbons (Fsp3) is 0.300. The van der Waals surface area contributed by atoms with Gasteiger partial charge in [0.2, 0.25) is 0 Å². The summed E-state index contributed by atoms with van der Waals surface area (Å²) in [6.07, 6.45) is 2.09. The Morgan fingerprint density at radius 1 is 1.27 bits per heavy atom. The van der Waals surface area contributed by atoms with Crippen LogP contribution < -0.4 is 0 Å². The highest BCUT2D eigenvalue weighted by molar-refractivity contribution is 7.17. The highest BCUT2D eigenvalue weighted by Crippen LogP contribution is 2.24. The summed E-state index contributed by atoms with van der Waals surface area (Å²) in [5.41, 5.74) is 6.16. The molecule has 0 saturated heterocycles. The van der Waals surface area contributed by atoms with Gasteiger partial charge in [0, 0.05) is 40.3 Å². The molecule has 0 spiro atoms. The van der Waals surface area contributed by atoms with E-state index in [9.17, 15) is 4.79 Å². The SMILES string of the molecule is Cc1cn2c(CN(C)C(=O)c3ccc4[nH]c(C)c(C)c4c3)c(C)nc2s1. The number of amides is 1. The molecule has 1 amide bonds. The number of rotatable bonds is 3. The van der Waals surface area contributed by atoms with Gasteiger partial charge in [-0.2, -0.15) is 0 Å². The molecule has 0 aliphatic heterocycles. The highest BCUT2D eigenvalue weighted by Gasteiger charge is 2.18. The number of imidazole rings is 1. The van der Waals surface area contributed by atoms with Crippen molar-refractivity contribution in [2.45, 2.75) is 34.2 Å². The maximum absolute atomic E-state index is 13.0. The van der Waals surface area contributed by atoms with Crippen LogP contribution in [-0.2, 0) is 6.54 Å². The van der Waals surface area contributed by atoms with Gasteiger partial charge in [-0.25, -0.2) is 4.98 Å². The maximum Gasteiger partial charge on any atom is 0.253 e. The first-order valence-corrected chi connectivity index (χ1v) is 9.45. The van der Waals surface area contributed by atoms with Crippen LogP contribution in [0.1, 0.15) is 37.9 Å². The van der Waals surface area contributed by atoms with Gasteiger partial charge in [0.1, 0.15) is 0 Å². The molecule has 0 saturated carbocycles. The van der Waals surface area contributed by atoms with E-state index in [1.807, 2.05) is 32.2 Å². The Morgan fingerprint density at radius 3 is 2.81 bits per heavy atom. The Morgan fingerprint density at radius 2 is 2.04 bits per heavy atom. The average Bonchev–Trinajstić information content (AvgIpc) is 3.19. The second kappa shape index (κ2) is 5.99. The fourth-order valence-electron chi connectivity index (χ4n) is 3.41. The number of carbonyl (C=O) groups is 1. The molecule has 0 fully saturated rings. The zero-order valence-corrected chi connectivity index (χ0v) is 16.5. The van der Waals surface area contributed by atoms with Crippen molar-refractivity contribution in [3.63, 3.8) is 0 Å². The molecule has 5 nitrogen and oxygen atoms in total. The predicted octanol–water partition coefficient (Wildman–Crippen LogP) is 4.38. The molecule has 4 rings (SSSR count). The molecule has 0 aliphatic rings. The van der Waals surface area contributed by atoms with E-state index >= 15 is 0 Å². The third kappa shape index (κ3) is 2.61. The number of hydrogen-bond acceptors (Lipinski definition) is 3. The molecule has 0 aliphatic carbocycles. The van der Waals surface area contributed by atoms with E-state index in [0.717, 1.165) is 32.9 Å². The quantitative estimate of drug-likeness (QED) is 0.585. The molecule has 26 heavy (non-hydrogen) atoms. The number of thiazole rings is 1. The lowest BCUT2D eigenvalue weighted by Gasteiger charge is -2.17. The highest BCUT2D eigenvalue weighted by atomic mass is 32.1. The molecule has 0 radical (unpaired) electrons. The monoisotopic (exact) mass is 366 g/mol. The van der Waals surface area contributed by atoms with Crippen molar-refractivity contribution >= 4 is 33.1 Å². The second-order valence-corrected chi connectivity index (χ2v) is 8.15. The van der Waals surface area contributed by atoms with Crippen molar-refractivity contribution < 1.29 is 4.79 Å². The Labute approximate surface area is 156 Å². The number of carbonyl (C=O) groups excluding carboxylic acids is 1. The summed E-state index contributed by atoms with van der Waals surface area (Å²) < 4.78 is 2.10. The molecule has 3 heterocycles. The van der Waals surface area contributed by atoms with Gasteiger partial charge in [0.25, 0.3) is 5.91 Å².